The fourth-order valence-corrected chi connectivity index (χ4v) is 2.26. The maximum Gasteiger partial charge on any atom is 0.127 e. The SMILES string of the molecule is CCNC(c1ccc(OC)cc1OC)C(C)(C)N(C)C. The topological polar surface area (TPSA) is 33.7 Å². The molecule has 0 saturated carbocycles. The fourth-order valence-electron chi connectivity index (χ4n) is 2.26. The number of likely N-dealkylation sites (N-methyl/N-ethyl adjacent to an activating group) is 2. The number of rotatable bonds is 7. The summed E-state index contributed by atoms with van der Waals surface area (Å²) >= 11 is 0. The summed E-state index contributed by atoms with van der Waals surface area (Å²) in [4.78, 5) is 2.23. The second kappa shape index (κ2) is 6.95. The quantitative estimate of drug-likeness (QED) is 0.832. The number of nitrogens with one attached hydrogen (secondary N) is 1. The zero-order chi connectivity index (χ0) is 15.3. The molecule has 1 atom stereocenters. The maximum atomic E-state index is 5.55. The zero-order valence-electron chi connectivity index (χ0n) is 13.8. The van der Waals surface area contributed by atoms with Crippen LogP contribution in [-0.2, 0) is 0 Å². The minimum absolute atomic E-state index is 0.0438. The Morgan fingerprint density at radius 3 is 2.30 bits per heavy atom. The predicted octanol–water partition coefficient (Wildman–Crippen LogP) is 2.69. The molecule has 0 spiro atoms. The van der Waals surface area contributed by atoms with Gasteiger partial charge in [-0.3, -0.25) is 0 Å². The number of methoxy groups -OCH3 is 2. The highest BCUT2D eigenvalue weighted by Gasteiger charge is 2.34. The van der Waals surface area contributed by atoms with Crippen LogP contribution in [0.3, 0.4) is 0 Å². The van der Waals surface area contributed by atoms with Gasteiger partial charge < -0.3 is 19.7 Å². The van der Waals surface area contributed by atoms with E-state index in [0.29, 0.717) is 0 Å². The highest BCUT2D eigenvalue weighted by molar-refractivity contribution is 5.43. The smallest absolute Gasteiger partial charge is 0.127 e. The van der Waals surface area contributed by atoms with Crippen LogP contribution in [0, 0.1) is 0 Å². The minimum atomic E-state index is -0.0438. The number of hydrogen-bond donors (Lipinski definition) is 1. The molecule has 1 rings (SSSR count). The number of benzene rings is 1. The molecule has 0 heterocycles. The summed E-state index contributed by atoms with van der Waals surface area (Å²) in [5, 5.41) is 3.57. The maximum absolute atomic E-state index is 5.55. The lowest BCUT2D eigenvalue weighted by Gasteiger charge is -2.41. The molecule has 0 radical (unpaired) electrons. The van der Waals surface area contributed by atoms with E-state index in [2.05, 4.69) is 51.1 Å². The number of nitrogens with zero attached hydrogens (tertiary/aromatic N) is 1. The van der Waals surface area contributed by atoms with Crippen LogP contribution in [0.1, 0.15) is 32.4 Å². The van der Waals surface area contributed by atoms with Crippen LogP contribution in [0.25, 0.3) is 0 Å². The van der Waals surface area contributed by atoms with Crippen molar-refractivity contribution >= 4 is 0 Å². The van der Waals surface area contributed by atoms with Gasteiger partial charge in [-0.25, -0.2) is 0 Å². The molecule has 0 aliphatic carbocycles. The van der Waals surface area contributed by atoms with Crippen LogP contribution < -0.4 is 14.8 Å². The summed E-state index contributed by atoms with van der Waals surface area (Å²) in [7, 11) is 7.56. The van der Waals surface area contributed by atoms with Gasteiger partial charge in [-0.05, 0) is 46.6 Å². The van der Waals surface area contributed by atoms with Crippen LogP contribution in [0.15, 0.2) is 18.2 Å². The van der Waals surface area contributed by atoms with Crippen LogP contribution >= 0.6 is 0 Å². The standard InChI is InChI=1S/C16H28N2O2/c1-8-17-15(16(2,3)18(4)5)13-10-9-12(19-6)11-14(13)20-7/h9-11,15,17H,8H2,1-7H3. The van der Waals surface area contributed by atoms with Crippen molar-refractivity contribution in [2.24, 2.45) is 0 Å². The Kier molecular flexibility index (Phi) is 5.84. The van der Waals surface area contributed by atoms with Crippen LogP contribution in [-0.4, -0.2) is 45.3 Å². The lowest BCUT2D eigenvalue weighted by atomic mass is 9.86. The van der Waals surface area contributed by atoms with Gasteiger partial charge in [0, 0.05) is 17.2 Å². The second-order valence-electron chi connectivity index (χ2n) is 5.65. The Labute approximate surface area is 123 Å². The van der Waals surface area contributed by atoms with Crippen molar-refractivity contribution in [3.05, 3.63) is 23.8 Å². The molecule has 0 aromatic heterocycles. The van der Waals surface area contributed by atoms with Crippen molar-refractivity contribution in [2.75, 3.05) is 34.9 Å². The molecular weight excluding hydrogens is 252 g/mol. The van der Waals surface area contributed by atoms with E-state index >= 15 is 0 Å². The Balaban J connectivity index is 3.28. The van der Waals surface area contributed by atoms with Gasteiger partial charge in [0.15, 0.2) is 0 Å². The van der Waals surface area contributed by atoms with Gasteiger partial charge in [0.05, 0.1) is 20.3 Å². The van der Waals surface area contributed by atoms with E-state index in [0.717, 1.165) is 23.6 Å². The molecule has 20 heavy (non-hydrogen) atoms. The van der Waals surface area contributed by atoms with Crippen LogP contribution in [0.4, 0.5) is 0 Å². The fraction of sp³-hybridized carbons (Fsp3) is 0.625. The van der Waals surface area contributed by atoms with Crippen molar-refractivity contribution in [1.82, 2.24) is 10.2 Å². The van der Waals surface area contributed by atoms with Crippen molar-refractivity contribution in [1.29, 1.82) is 0 Å². The summed E-state index contributed by atoms with van der Waals surface area (Å²) in [5.74, 6) is 1.66. The highest BCUT2D eigenvalue weighted by Crippen LogP contribution is 2.36. The van der Waals surface area contributed by atoms with E-state index in [1.54, 1.807) is 14.2 Å². The third-order valence-electron chi connectivity index (χ3n) is 4.02. The average Bonchev–Trinajstić information content (AvgIpc) is 2.43. The highest BCUT2D eigenvalue weighted by atomic mass is 16.5. The molecule has 1 unspecified atom stereocenters. The lowest BCUT2D eigenvalue weighted by molar-refractivity contribution is 0.137. The zero-order valence-corrected chi connectivity index (χ0v) is 13.8. The van der Waals surface area contributed by atoms with E-state index in [1.807, 2.05) is 12.1 Å². The summed E-state index contributed by atoms with van der Waals surface area (Å²) in [5.41, 5.74) is 1.10. The van der Waals surface area contributed by atoms with Gasteiger partial charge in [0.1, 0.15) is 11.5 Å². The Bertz CT molecular complexity index is 430. The molecule has 4 nitrogen and oxygen atoms in total. The molecule has 4 heteroatoms. The van der Waals surface area contributed by atoms with Crippen molar-refractivity contribution in [2.45, 2.75) is 32.4 Å². The van der Waals surface area contributed by atoms with Gasteiger partial charge in [-0.1, -0.05) is 6.92 Å². The van der Waals surface area contributed by atoms with Crippen molar-refractivity contribution < 1.29 is 9.47 Å². The van der Waals surface area contributed by atoms with Gasteiger partial charge in [-0.15, -0.1) is 0 Å². The first-order chi connectivity index (χ1) is 9.38. The molecule has 0 aliphatic rings. The van der Waals surface area contributed by atoms with Crippen LogP contribution in [0.5, 0.6) is 11.5 Å². The molecule has 0 aliphatic heterocycles. The van der Waals surface area contributed by atoms with E-state index < -0.39 is 0 Å². The summed E-state index contributed by atoms with van der Waals surface area (Å²) in [6.07, 6.45) is 0. The van der Waals surface area contributed by atoms with E-state index in [-0.39, 0.29) is 11.6 Å². The Morgan fingerprint density at radius 1 is 1.20 bits per heavy atom. The molecule has 0 amide bonds. The summed E-state index contributed by atoms with van der Waals surface area (Å²) in [6, 6.07) is 6.17. The van der Waals surface area contributed by atoms with E-state index in [9.17, 15) is 0 Å². The molecule has 1 aromatic rings. The van der Waals surface area contributed by atoms with Crippen molar-refractivity contribution in [3.8, 4) is 11.5 Å². The third kappa shape index (κ3) is 3.44. The van der Waals surface area contributed by atoms with E-state index in [1.165, 1.54) is 0 Å². The molecule has 0 saturated heterocycles. The molecule has 1 aromatic carbocycles. The molecule has 114 valence electrons. The third-order valence-corrected chi connectivity index (χ3v) is 4.02. The normalized spacial score (nSPS) is 13.4. The van der Waals surface area contributed by atoms with Gasteiger partial charge >= 0.3 is 0 Å². The molecule has 0 bridgehead atoms. The lowest BCUT2D eigenvalue weighted by Crippen LogP contribution is -2.49. The van der Waals surface area contributed by atoms with Crippen LogP contribution in [0.2, 0.25) is 0 Å². The number of ether oxygens (including phenoxy) is 2. The number of hydrogen-bond acceptors (Lipinski definition) is 4. The Morgan fingerprint density at radius 2 is 1.85 bits per heavy atom. The first kappa shape index (κ1) is 16.8. The predicted molar refractivity (Wildman–Crippen MR) is 83.7 cm³/mol. The first-order valence-electron chi connectivity index (χ1n) is 7.01. The van der Waals surface area contributed by atoms with E-state index in [4.69, 9.17) is 9.47 Å². The molecule has 0 fully saturated rings. The van der Waals surface area contributed by atoms with Gasteiger partial charge in [0.25, 0.3) is 0 Å². The van der Waals surface area contributed by atoms with Crippen molar-refractivity contribution in [3.63, 3.8) is 0 Å². The summed E-state index contributed by atoms with van der Waals surface area (Å²) < 4.78 is 10.8. The molecular formula is C16H28N2O2. The summed E-state index contributed by atoms with van der Waals surface area (Å²) in [6.45, 7) is 7.47. The minimum Gasteiger partial charge on any atom is -0.497 e. The molecule has 1 N–H and O–H groups in total. The van der Waals surface area contributed by atoms with Gasteiger partial charge in [-0.2, -0.15) is 0 Å². The monoisotopic (exact) mass is 280 g/mol. The largest absolute Gasteiger partial charge is 0.497 e. The first-order valence-corrected chi connectivity index (χ1v) is 7.01. The Hall–Kier alpha value is -1.26. The average molecular weight is 280 g/mol. The second-order valence-corrected chi connectivity index (χ2v) is 5.65. The van der Waals surface area contributed by atoms with Gasteiger partial charge in [0.2, 0.25) is 0 Å².